The van der Waals surface area contributed by atoms with Crippen LogP contribution in [0.15, 0.2) is 48.7 Å². The molecular weight excluding hydrogens is 314 g/mol. The lowest BCUT2D eigenvalue weighted by molar-refractivity contribution is 0.231. The van der Waals surface area contributed by atoms with Gasteiger partial charge in [-0.05, 0) is 30.5 Å². The maximum absolute atomic E-state index is 12.3. The van der Waals surface area contributed by atoms with E-state index in [1.807, 2.05) is 60.0 Å². The normalized spacial score (nSPS) is 12.3. The van der Waals surface area contributed by atoms with E-state index >= 15 is 0 Å². The van der Waals surface area contributed by atoms with E-state index < -0.39 is 0 Å². The number of carbonyl (C=O) groups excluding carboxylic acids is 1. The summed E-state index contributed by atoms with van der Waals surface area (Å²) in [4.78, 5) is 12.3. The summed E-state index contributed by atoms with van der Waals surface area (Å²) in [6.07, 6.45) is 1.91. The van der Waals surface area contributed by atoms with E-state index in [0.717, 1.165) is 17.0 Å². The highest BCUT2D eigenvalue weighted by atomic mass is 16.2. The molecule has 0 unspecified atom stereocenters. The van der Waals surface area contributed by atoms with Crippen molar-refractivity contribution in [3.8, 4) is 0 Å². The third kappa shape index (κ3) is 3.96. The summed E-state index contributed by atoms with van der Waals surface area (Å²) in [6.45, 7) is 6.63. The second kappa shape index (κ2) is 7.34. The van der Waals surface area contributed by atoms with Crippen molar-refractivity contribution in [2.45, 2.75) is 33.4 Å². The number of hydrogen-bond acceptors (Lipinski definition) is 3. The van der Waals surface area contributed by atoms with Gasteiger partial charge in [-0.15, -0.1) is 10.2 Å². The Morgan fingerprint density at radius 2 is 1.88 bits per heavy atom. The Labute approximate surface area is 147 Å². The first-order valence-electron chi connectivity index (χ1n) is 8.44. The molecule has 6 nitrogen and oxygen atoms in total. The Kier molecular flexibility index (Phi) is 4.97. The lowest BCUT2D eigenvalue weighted by Gasteiger charge is -2.21. The fourth-order valence-corrected chi connectivity index (χ4v) is 2.68. The minimum Gasteiger partial charge on any atom is -0.334 e. The predicted octanol–water partition coefficient (Wildman–Crippen LogP) is 3.23. The van der Waals surface area contributed by atoms with Crippen molar-refractivity contribution >= 4 is 11.7 Å². The van der Waals surface area contributed by atoms with Gasteiger partial charge in [-0.3, -0.25) is 4.40 Å². The van der Waals surface area contributed by atoms with Crippen LogP contribution in [0.5, 0.6) is 0 Å². The van der Waals surface area contributed by atoms with Crippen LogP contribution < -0.4 is 10.6 Å². The second-order valence-electron chi connectivity index (χ2n) is 6.52. The van der Waals surface area contributed by atoms with E-state index in [2.05, 4.69) is 34.7 Å². The number of aryl methyl sites for hydroxylation is 1. The van der Waals surface area contributed by atoms with Gasteiger partial charge < -0.3 is 10.6 Å². The van der Waals surface area contributed by atoms with Crippen LogP contribution in [-0.2, 0) is 6.54 Å². The molecule has 1 aromatic carbocycles. The zero-order chi connectivity index (χ0) is 17.8. The molecule has 3 rings (SSSR count). The molecule has 3 aromatic rings. The zero-order valence-electron chi connectivity index (χ0n) is 14.7. The first kappa shape index (κ1) is 17.0. The Morgan fingerprint density at radius 1 is 1.12 bits per heavy atom. The first-order valence-corrected chi connectivity index (χ1v) is 8.44. The van der Waals surface area contributed by atoms with Gasteiger partial charge in [-0.2, -0.15) is 0 Å². The number of fused-ring (bicyclic) bond motifs is 1. The summed E-state index contributed by atoms with van der Waals surface area (Å²) in [6, 6.07) is 13.4. The quantitative estimate of drug-likeness (QED) is 0.751. The minimum atomic E-state index is -0.226. The molecule has 2 heterocycles. The molecule has 130 valence electrons. The van der Waals surface area contributed by atoms with Gasteiger partial charge >= 0.3 is 6.03 Å². The Bertz CT molecular complexity index is 854. The molecule has 0 aliphatic rings. The van der Waals surface area contributed by atoms with Gasteiger partial charge in [0.05, 0.1) is 6.04 Å². The number of nitrogens with zero attached hydrogens (tertiary/aromatic N) is 3. The SMILES string of the molecule is Cc1ccc(CNC(=O)N[C@H](c2nnc3ccccn23)C(C)C)cc1. The predicted molar refractivity (Wildman–Crippen MR) is 97.1 cm³/mol. The van der Waals surface area contributed by atoms with Gasteiger partial charge in [0.2, 0.25) is 0 Å². The van der Waals surface area contributed by atoms with Gasteiger partial charge in [0.15, 0.2) is 11.5 Å². The van der Waals surface area contributed by atoms with Crippen LogP contribution in [0.1, 0.15) is 36.8 Å². The zero-order valence-corrected chi connectivity index (χ0v) is 14.7. The fraction of sp³-hybridized carbons (Fsp3) is 0.316. The highest BCUT2D eigenvalue weighted by Gasteiger charge is 2.23. The number of carbonyl (C=O) groups is 1. The van der Waals surface area contributed by atoms with Gasteiger partial charge in [-0.25, -0.2) is 4.79 Å². The molecule has 0 saturated carbocycles. The monoisotopic (exact) mass is 337 g/mol. The summed E-state index contributed by atoms with van der Waals surface area (Å²) in [5, 5.41) is 14.4. The van der Waals surface area contributed by atoms with Gasteiger partial charge in [0, 0.05) is 12.7 Å². The molecule has 0 saturated heterocycles. The van der Waals surface area contributed by atoms with Gasteiger partial charge in [-0.1, -0.05) is 49.7 Å². The Morgan fingerprint density at radius 3 is 2.60 bits per heavy atom. The molecule has 2 N–H and O–H groups in total. The third-order valence-electron chi connectivity index (χ3n) is 4.15. The molecule has 0 radical (unpaired) electrons. The largest absolute Gasteiger partial charge is 0.334 e. The Hall–Kier alpha value is -2.89. The molecule has 0 spiro atoms. The van der Waals surface area contributed by atoms with Crippen LogP contribution in [0.4, 0.5) is 4.79 Å². The number of hydrogen-bond donors (Lipinski definition) is 2. The molecule has 1 atom stereocenters. The molecule has 2 aromatic heterocycles. The third-order valence-corrected chi connectivity index (χ3v) is 4.15. The van der Waals surface area contributed by atoms with Crippen molar-refractivity contribution in [2.75, 3.05) is 0 Å². The summed E-state index contributed by atoms with van der Waals surface area (Å²) in [5.41, 5.74) is 3.03. The lowest BCUT2D eigenvalue weighted by atomic mass is 10.0. The maximum atomic E-state index is 12.3. The van der Waals surface area contributed by atoms with Crippen LogP contribution in [0.3, 0.4) is 0 Å². The molecule has 25 heavy (non-hydrogen) atoms. The summed E-state index contributed by atoms with van der Waals surface area (Å²) in [5.74, 6) is 0.911. The van der Waals surface area contributed by atoms with Crippen molar-refractivity contribution in [3.05, 3.63) is 65.6 Å². The molecule has 0 aliphatic heterocycles. The molecule has 2 amide bonds. The van der Waals surface area contributed by atoms with Crippen LogP contribution in [0, 0.1) is 12.8 Å². The average molecular weight is 337 g/mol. The number of rotatable bonds is 5. The van der Waals surface area contributed by atoms with Gasteiger partial charge in [0.1, 0.15) is 0 Å². The number of benzene rings is 1. The lowest BCUT2D eigenvalue weighted by Crippen LogP contribution is -2.40. The summed E-state index contributed by atoms with van der Waals surface area (Å²) < 4.78 is 1.91. The number of pyridine rings is 1. The first-order chi connectivity index (χ1) is 12.0. The van der Waals surface area contributed by atoms with Gasteiger partial charge in [0.25, 0.3) is 0 Å². The smallest absolute Gasteiger partial charge is 0.315 e. The van der Waals surface area contributed by atoms with Crippen molar-refractivity contribution in [3.63, 3.8) is 0 Å². The highest BCUT2D eigenvalue weighted by Crippen LogP contribution is 2.20. The van der Waals surface area contributed by atoms with Crippen molar-refractivity contribution < 1.29 is 4.79 Å². The van der Waals surface area contributed by atoms with Crippen molar-refractivity contribution in [1.82, 2.24) is 25.2 Å². The second-order valence-corrected chi connectivity index (χ2v) is 6.52. The summed E-state index contributed by atoms with van der Waals surface area (Å²) >= 11 is 0. The van der Waals surface area contributed by atoms with Crippen LogP contribution in [0.25, 0.3) is 5.65 Å². The minimum absolute atomic E-state index is 0.178. The van der Waals surface area contributed by atoms with Crippen molar-refractivity contribution in [2.24, 2.45) is 5.92 Å². The van der Waals surface area contributed by atoms with Crippen molar-refractivity contribution in [1.29, 1.82) is 0 Å². The molecule has 0 fully saturated rings. The van der Waals surface area contributed by atoms with E-state index in [1.54, 1.807) is 0 Å². The van der Waals surface area contributed by atoms with E-state index in [-0.39, 0.29) is 18.0 Å². The van der Waals surface area contributed by atoms with Crippen LogP contribution >= 0.6 is 0 Å². The number of nitrogens with one attached hydrogen (secondary N) is 2. The topological polar surface area (TPSA) is 71.3 Å². The average Bonchev–Trinajstić information content (AvgIpc) is 3.03. The van der Waals surface area contributed by atoms with Crippen LogP contribution in [0.2, 0.25) is 0 Å². The summed E-state index contributed by atoms with van der Waals surface area (Å²) in [7, 11) is 0. The molecular formula is C19H23N5O. The fourth-order valence-electron chi connectivity index (χ4n) is 2.68. The molecule has 6 heteroatoms. The number of aromatic nitrogens is 3. The number of amides is 2. The van der Waals surface area contributed by atoms with Crippen LogP contribution in [-0.4, -0.2) is 20.6 Å². The highest BCUT2D eigenvalue weighted by molar-refractivity contribution is 5.74. The maximum Gasteiger partial charge on any atom is 0.315 e. The van der Waals surface area contributed by atoms with E-state index in [1.165, 1.54) is 5.56 Å². The molecule has 0 aliphatic carbocycles. The Balaban J connectivity index is 1.69. The van der Waals surface area contributed by atoms with E-state index in [4.69, 9.17) is 0 Å². The number of urea groups is 1. The standard InChI is InChI=1S/C19H23N5O/c1-13(2)17(18-23-22-16-6-4-5-11-24(16)18)21-19(25)20-12-15-9-7-14(3)8-10-15/h4-11,13,17H,12H2,1-3H3,(H2,20,21,25)/t17-/m0/s1. The van der Waals surface area contributed by atoms with E-state index in [9.17, 15) is 4.79 Å². The van der Waals surface area contributed by atoms with E-state index in [0.29, 0.717) is 6.54 Å². The molecule has 0 bridgehead atoms.